The maximum atomic E-state index is 12.4. The first-order valence-corrected chi connectivity index (χ1v) is 10.9. The van der Waals surface area contributed by atoms with Crippen molar-refractivity contribution in [3.05, 3.63) is 72.8 Å². The van der Waals surface area contributed by atoms with Gasteiger partial charge in [0.2, 0.25) is 10.0 Å². The predicted molar refractivity (Wildman–Crippen MR) is 120 cm³/mol. The molecule has 0 spiro atoms. The number of rotatable bonds is 8. The van der Waals surface area contributed by atoms with Crippen LogP contribution in [-0.4, -0.2) is 46.4 Å². The van der Waals surface area contributed by atoms with E-state index in [0.29, 0.717) is 11.5 Å². The van der Waals surface area contributed by atoms with Crippen molar-refractivity contribution >= 4 is 21.6 Å². The van der Waals surface area contributed by atoms with E-state index in [1.807, 2.05) is 42.5 Å². The Morgan fingerprint density at radius 3 is 2.19 bits per heavy atom. The number of carbonyl (C=O) groups excluding carboxylic acids is 1. The Morgan fingerprint density at radius 2 is 1.58 bits per heavy atom. The molecule has 162 valence electrons. The lowest BCUT2D eigenvalue weighted by molar-refractivity contribution is -0.118. The average molecular weight is 441 g/mol. The number of ether oxygens (including phenoxy) is 2. The lowest BCUT2D eigenvalue weighted by Crippen LogP contribution is -2.23. The zero-order valence-electron chi connectivity index (χ0n) is 17.5. The van der Waals surface area contributed by atoms with E-state index in [0.717, 1.165) is 15.4 Å². The molecule has 0 aliphatic rings. The van der Waals surface area contributed by atoms with Gasteiger partial charge in [0.1, 0.15) is 11.5 Å². The van der Waals surface area contributed by atoms with Crippen molar-refractivity contribution in [2.75, 3.05) is 33.1 Å². The monoisotopic (exact) mass is 440 g/mol. The number of hydrogen-bond acceptors (Lipinski definition) is 5. The molecule has 0 aliphatic heterocycles. The van der Waals surface area contributed by atoms with Crippen molar-refractivity contribution in [1.29, 1.82) is 0 Å². The van der Waals surface area contributed by atoms with Gasteiger partial charge in [-0.15, -0.1) is 0 Å². The van der Waals surface area contributed by atoms with Gasteiger partial charge in [-0.3, -0.25) is 4.79 Å². The molecule has 0 fully saturated rings. The van der Waals surface area contributed by atoms with Gasteiger partial charge < -0.3 is 14.8 Å². The van der Waals surface area contributed by atoms with Crippen LogP contribution < -0.4 is 14.8 Å². The Kier molecular flexibility index (Phi) is 6.94. The second-order valence-electron chi connectivity index (χ2n) is 6.88. The lowest BCUT2D eigenvalue weighted by Gasteiger charge is -2.15. The molecule has 3 aromatic carbocycles. The topological polar surface area (TPSA) is 84.9 Å². The summed E-state index contributed by atoms with van der Waals surface area (Å²) in [6.07, 6.45) is 0. The fourth-order valence-corrected chi connectivity index (χ4v) is 3.79. The number of sulfonamides is 1. The molecule has 0 saturated carbocycles. The van der Waals surface area contributed by atoms with Crippen molar-refractivity contribution in [2.24, 2.45) is 0 Å². The number of hydrogen-bond donors (Lipinski definition) is 1. The van der Waals surface area contributed by atoms with Crippen LogP contribution in [0.5, 0.6) is 11.5 Å². The predicted octanol–water partition coefficient (Wildman–Crippen LogP) is 3.63. The quantitative estimate of drug-likeness (QED) is 0.578. The van der Waals surface area contributed by atoms with Gasteiger partial charge in [0.05, 0.1) is 17.7 Å². The highest BCUT2D eigenvalue weighted by molar-refractivity contribution is 7.89. The number of amides is 1. The zero-order valence-corrected chi connectivity index (χ0v) is 18.3. The molecule has 0 saturated heterocycles. The first-order chi connectivity index (χ1) is 14.8. The third-order valence-corrected chi connectivity index (χ3v) is 6.37. The Bertz CT molecular complexity index is 1140. The minimum Gasteiger partial charge on any atom is -0.495 e. The van der Waals surface area contributed by atoms with E-state index in [-0.39, 0.29) is 17.2 Å². The summed E-state index contributed by atoms with van der Waals surface area (Å²) in [5, 5.41) is 2.65. The minimum absolute atomic E-state index is 0.0472. The number of methoxy groups -OCH3 is 1. The summed E-state index contributed by atoms with van der Waals surface area (Å²) in [4.78, 5) is 12.4. The van der Waals surface area contributed by atoms with Crippen LogP contribution in [0.4, 0.5) is 5.69 Å². The molecule has 31 heavy (non-hydrogen) atoms. The maximum absolute atomic E-state index is 12.4. The number of benzene rings is 3. The van der Waals surface area contributed by atoms with Gasteiger partial charge in [0.15, 0.2) is 6.61 Å². The summed E-state index contributed by atoms with van der Waals surface area (Å²) < 4.78 is 36.6. The van der Waals surface area contributed by atoms with Gasteiger partial charge in [-0.1, -0.05) is 42.5 Å². The Morgan fingerprint density at radius 1 is 0.935 bits per heavy atom. The zero-order chi connectivity index (χ0) is 22.4. The van der Waals surface area contributed by atoms with Gasteiger partial charge in [0.25, 0.3) is 5.91 Å². The first kappa shape index (κ1) is 22.3. The summed E-state index contributed by atoms with van der Waals surface area (Å²) in [5.74, 6) is 0.453. The van der Waals surface area contributed by atoms with E-state index in [4.69, 9.17) is 9.47 Å². The van der Waals surface area contributed by atoms with Crippen molar-refractivity contribution in [3.8, 4) is 22.6 Å². The molecular weight excluding hydrogens is 416 g/mol. The van der Waals surface area contributed by atoms with Crippen LogP contribution in [0.25, 0.3) is 11.1 Å². The van der Waals surface area contributed by atoms with E-state index < -0.39 is 15.9 Å². The van der Waals surface area contributed by atoms with E-state index >= 15 is 0 Å². The standard InChI is InChI=1S/C23H24N2O5S/c1-25(2)31(27,28)20-13-14-22(29-3)21(15-20)24-23(26)16-30-19-11-9-18(10-12-19)17-7-5-4-6-8-17/h4-15H,16H2,1-3H3,(H,24,26). The van der Waals surface area contributed by atoms with Crippen LogP contribution in [0.2, 0.25) is 0 Å². The summed E-state index contributed by atoms with van der Waals surface area (Å²) in [6, 6.07) is 21.6. The normalized spacial score (nSPS) is 11.2. The average Bonchev–Trinajstić information content (AvgIpc) is 2.78. The molecule has 0 bridgehead atoms. The third-order valence-electron chi connectivity index (χ3n) is 4.55. The van der Waals surface area contributed by atoms with E-state index in [9.17, 15) is 13.2 Å². The number of carbonyl (C=O) groups is 1. The molecule has 8 heteroatoms. The van der Waals surface area contributed by atoms with Crippen molar-refractivity contribution in [2.45, 2.75) is 4.90 Å². The van der Waals surface area contributed by atoms with Crippen LogP contribution in [0.1, 0.15) is 0 Å². The molecule has 0 aliphatic carbocycles. The molecule has 0 unspecified atom stereocenters. The SMILES string of the molecule is COc1ccc(S(=O)(=O)N(C)C)cc1NC(=O)COc1ccc(-c2ccccc2)cc1. The highest BCUT2D eigenvalue weighted by Crippen LogP contribution is 2.28. The van der Waals surface area contributed by atoms with Crippen LogP contribution in [-0.2, 0) is 14.8 Å². The van der Waals surface area contributed by atoms with E-state index in [1.165, 1.54) is 39.4 Å². The molecule has 7 nitrogen and oxygen atoms in total. The fourth-order valence-electron chi connectivity index (χ4n) is 2.87. The molecule has 1 N–H and O–H groups in total. The van der Waals surface area contributed by atoms with Crippen molar-refractivity contribution < 1.29 is 22.7 Å². The molecule has 1 amide bonds. The smallest absolute Gasteiger partial charge is 0.262 e. The van der Waals surface area contributed by atoms with Crippen molar-refractivity contribution in [1.82, 2.24) is 4.31 Å². The third kappa shape index (κ3) is 5.42. The fraction of sp³-hybridized carbons (Fsp3) is 0.174. The van der Waals surface area contributed by atoms with Gasteiger partial charge in [0, 0.05) is 14.1 Å². The molecule has 0 atom stereocenters. The summed E-state index contributed by atoms with van der Waals surface area (Å²) in [5.41, 5.74) is 2.38. The minimum atomic E-state index is -3.65. The Hall–Kier alpha value is -3.36. The summed E-state index contributed by atoms with van der Waals surface area (Å²) in [7, 11) is 0.672. The second kappa shape index (κ2) is 9.63. The highest BCUT2D eigenvalue weighted by Gasteiger charge is 2.20. The maximum Gasteiger partial charge on any atom is 0.262 e. The highest BCUT2D eigenvalue weighted by atomic mass is 32.2. The largest absolute Gasteiger partial charge is 0.495 e. The van der Waals surface area contributed by atoms with Crippen LogP contribution in [0.3, 0.4) is 0 Å². The van der Waals surface area contributed by atoms with Crippen molar-refractivity contribution in [3.63, 3.8) is 0 Å². The first-order valence-electron chi connectivity index (χ1n) is 9.50. The lowest BCUT2D eigenvalue weighted by atomic mass is 10.1. The van der Waals surface area contributed by atoms with E-state index in [1.54, 1.807) is 12.1 Å². The molecule has 0 aromatic heterocycles. The molecular formula is C23H24N2O5S. The number of nitrogens with one attached hydrogen (secondary N) is 1. The molecule has 0 heterocycles. The van der Waals surface area contributed by atoms with Crippen LogP contribution in [0.15, 0.2) is 77.7 Å². The number of anilines is 1. The summed E-state index contributed by atoms with van der Waals surface area (Å²) >= 11 is 0. The number of nitrogens with zero attached hydrogens (tertiary/aromatic N) is 1. The van der Waals surface area contributed by atoms with Crippen LogP contribution >= 0.6 is 0 Å². The van der Waals surface area contributed by atoms with Gasteiger partial charge in [-0.05, 0) is 41.5 Å². The second-order valence-corrected chi connectivity index (χ2v) is 9.03. The van der Waals surface area contributed by atoms with Gasteiger partial charge in [-0.2, -0.15) is 0 Å². The molecule has 3 rings (SSSR count). The Labute approximate surface area is 182 Å². The van der Waals surface area contributed by atoms with Gasteiger partial charge in [-0.25, -0.2) is 12.7 Å². The van der Waals surface area contributed by atoms with E-state index in [2.05, 4.69) is 5.32 Å². The van der Waals surface area contributed by atoms with Gasteiger partial charge >= 0.3 is 0 Å². The van der Waals surface area contributed by atoms with Crippen LogP contribution in [0, 0.1) is 0 Å². The Balaban J connectivity index is 1.67. The molecule has 0 radical (unpaired) electrons. The summed E-state index contributed by atoms with van der Waals surface area (Å²) in [6.45, 7) is -0.238. The molecule has 3 aromatic rings.